The van der Waals surface area contributed by atoms with Crippen LogP contribution in [0.25, 0.3) is 0 Å². The molecule has 0 aromatic carbocycles. The number of ether oxygens (including phenoxy) is 2. The molecule has 0 aromatic rings. The number of rotatable bonds is 10. The van der Waals surface area contributed by atoms with Crippen molar-refractivity contribution in [3.05, 3.63) is 36.8 Å². The molecule has 0 heterocycles. The summed E-state index contributed by atoms with van der Waals surface area (Å²) in [4.78, 5) is 24.4. The average molecular weight is 334 g/mol. The van der Waals surface area contributed by atoms with Crippen molar-refractivity contribution in [2.45, 2.75) is 65.2 Å². The lowest BCUT2D eigenvalue weighted by Gasteiger charge is -2.23. The van der Waals surface area contributed by atoms with E-state index < -0.39 is 17.8 Å². The number of unbranched alkanes of at least 4 members (excludes halogenated alkanes) is 4. The standard InChI is InChI=1S/C20H30O4/c1-3-5-7-11-15-23-19(21)17-13-9-10-14-18(17)20(22)24-16-12-8-6-4-2/h9,11-13,15-18H,3-8,10,14H2,1-2H3/b15-11+,16-12+. The molecule has 0 aliphatic heterocycles. The molecule has 2 unspecified atom stereocenters. The average Bonchev–Trinajstić information content (AvgIpc) is 2.61. The van der Waals surface area contributed by atoms with Crippen LogP contribution in [-0.2, 0) is 19.1 Å². The summed E-state index contributed by atoms with van der Waals surface area (Å²) in [5, 5.41) is 0. The van der Waals surface area contributed by atoms with Gasteiger partial charge in [0, 0.05) is 0 Å². The summed E-state index contributed by atoms with van der Waals surface area (Å²) in [5.41, 5.74) is 0. The minimum atomic E-state index is -0.564. The van der Waals surface area contributed by atoms with E-state index in [1.165, 1.54) is 12.5 Å². The molecule has 0 aromatic heterocycles. The lowest BCUT2D eigenvalue weighted by molar-refractivity contribution is -0.153. The fourth-order valence-electron chi connectivity index (χ4n) is 2.52. The zero-order chi connectivity index (χ0) is 17.6. The Hall–Kier alpha value is -1.84. The Balaban J connectivity index is 2.51. The number of carbonyl (C=O) groups excluding carboxylic acids is 2. The number of allylic oxidation sites excluding steroid dienone is 3. The van der Waals surface area contributed by atoms with Crippen LogP contribution in [0.15, 0.2) is 36.8 Å². The molecule has 0 spiro atoms. The molecule has 0 saturated carbocycles. The first-order chi connectivity index (χ1) is 11.7. The zero-order valence-electron chi connectivity index (χ0n) is 14.9. The van der Waals surface area contributed by atoms with Crippen LogP contribution in [0.2, 0.25) is 0 Å². The van der Waals surface area contributed by atoms with Gasteiger partial charge in [-0.05, 0) is 50.7 Å². The van der Waals surface area contributed by atoms with Gasteiger partial charge in [-0.25, -0.2) is 0 Å². The smallest absolute Gasteiger partial charge is 0.318 e. The zero-order valence-corrected chi connectivity index (χ0v) is 14.9. The van der Waals surface area contributed by atoms with E-state index in [4.69, 9.17) is 9.47 Å². The third-order valence-corrected chi connectivity index (χ3v) is 4.01. The highest BCUT2D eigenvalue weighted by atomic mass is 16.5. The van der Waals surface area contributed by atoms with E-state index in [0.717, 1.165) is 44.9 Å². The maximum Gasteiger partial charge on any atom is 0.318 e. The highest BCUT2D eigenvalue weighted by Gasteiger charge is 2.35. The molecule has 0 bridgehead atoms. The minimum Gasteiger partial charge on any atom is -0.435 e. The highest BCUT2D eigenvalue weighted by Crippen LogP contribution is 2.27. The number of carbonyl (C=O) groups is 2. The van der Waals surface area contributed by atoms with Crippen molar-refractivity contribution >= 4 is 11.9 Å². The first kappa shape index (κ1) is 20.2. The van der Waals surface area contributed by atoms with Crippen molar-refractivity contribution in [1.82, 2.24) is 0 Å². The van der Waals surface area contributed by atoms with E-state index in [9.17, 15) is 9.59 Å². The van der Waals surface area contributed by atoms with Crippen LogP contribution in [0.1, 0.15) is 65.2 Å². The Kier molecular flexibility index (Phi) is 10.6. The third kappa shape index (κ3) is 7.62. The van der Waals surface area contributed by atoms with E-state index in [2.05, 4.69) is 13.8 Å². The van der Waals surface area contributed by atoms with Gasteiger partial charge in [0.15, 0.2) is 0 Å². The molecule has 1 aliphatic carbocycles. The maximum absolute atomic E-state index is 12.2. The van der Waals surface area contributed by atoms with Crippen molar-refractivity contribution in [2.75, 3.05) is 0 Å². The molecule has 1 rings (SSSR count). The lowest BCUT2D eigenvalue weighted by Crippen LogP contribution is -2.31. The van der Waals surface area contributed by atoms with Gasteiger partial charge in [-0.2, -0.15) is 0 Å². The van der Waals surface area contributed by atoms with Gasteiger partial charge in [0.05, 0.1) is 24.4 Å². The first-order valence-electron chi connectivity index (χ1n) is 9.08. The van der Waals surface area contributed by atoms with Crippen LogP contribution in [0.3, 0.4) is 0 Å². The van der Waals surface area contributed by atoms with Gasteiger partial charge in [0.25, 0.3) is 0 Å². The second-order valence-corrected chi connectivity index (χ2v) is 6.04. The van der Waals surface area contributed by atoms with Crippen LogP contribution in [0.4, 0.5) is 0 Å². The molecule has 1 aliphatic rings. The van der Waals surface area contributed by atoms with Gasteiger partial charge in [-0.1, -0.05) is 38.8 Å². The summed E-state index contributed by atoms with van der Waals surface area (Å²) in [6.07, 6.45) is 17.8. The fourth-order valence-corrected chi connectivity index (χ4v) is 2.52. The van der Waals surface area contributed by atoms with Gasteiger partial charge in [0.2, 0.25) is 0 Å². The molecule has 4 heteroatoms. The lowest BCUT2D eigenvalue weighted by atomic mass is 9.84. The molecule has 0 N–H and O–H groups in total. The van der Waals surface area contributed by atoms with Gasteiger partial charge in [0.1, 0.15) is 0 Å². The Labute approximate surface area is 145 Å². The van der Waals surface area contributed by atoms with Crippen molar-refractivity contribution in [2.24, 2.45) is 11.8 Å². The normalized spacial score (nSPS) is 20.6. The van der Waals surface area contributed by atoms with Crippen LogP contribution in [-0.4, -0.2) is 11.9 Å². The molecule has 0 radical (unpaired) electrons. The number of esters is 2. The molecular formula is C20H30O4. The summed E-state index contributed by atoms with van der Waals surface area (Å²) in [6.45, 7) is 4.22. The summed E-state index contributed by atoms with van der Waals surface area (Å²) in [5.74, 6) is -1.78. The highest BCUT2D eigenvalue weighted by molar-refractivity contribution is 5.84. The van der Waals surface area contributed by atoms with Crippen LogP contribution >= 0.6 is 0 Å². The number of hydrogen-bond acceptors (Lipinski definition) is 4. The molecule has 0 amide bonds. The molecule has 0 saturated heterocycles. The monoisotopic (exact) mass is 334 g/mol. The largest absolute Gasteiger partial charge is 0.435 e. The van der Waals surface area contributed by atoms with E-state index in [1.54, 1.807) is 6.08 Å². The Bertz CT molecular complexity index is 462. The maximum atomic E-state index is 12.2. The summed E-state index contributed by atoms with van der Waals surface area (Å²) in [7, 11) is 0. The molecule has 24 heavy (non-hydrogen) atoms. The predicted molar refractivity (Wildman–Crippen MR) is 94.9 cm³/mol. The van der Waals surface area contributed by atoms with E-state index in [0.29, 0.717) is 6.42 Å². The molecule has 2 atom stereocenters. The van der Waals surface area contributed by atoms with Crippen molar-refractivity contribution < 1.29 is 19.1 Å². The van der Waals surface area contributed by atoms with E-state index in [-0.39, 0.29) is 5.97 Å². The van der Waals surface area contributed by atoms with Gasteiger partial charge in [-0.15, -0.1) is 0 Å². The summed E-state index contributed by atoms with van der Waals surface area (Å²) >= 11 is 0. The van der Waals surface area contributed by atoms with Crippen molar-refractivity contribution in [1.29, 1.82) is 0 Å². The van der Waals surface area contributed by atoms with Gasteiger partial charge in [-0.3, -0.25) is 9.59 Å². The molecule has 0 fully saturated rings. The van der Waals surface area contributed by atoms with Gasteiger partial charge < -0.3 is 9.47 Å². The second kappa shape index (κ2) is 12.6. The van der Waals surface area contributed by atoms with Crippen LogP contribution in [0, 0.1) is 11.8 Å². The Morgan fingerprint density at radius 2 is 1.58 bits per heavy atom. The van der Waals surface area contributed by atoms with E-state index >= 15 is 0 Å². The molecule has 134 valence electrons. The minimum absolute atomic E-state index is 0.357. The Morgan fingerprint density at radius 1 is 1.00 bits per heavy atom. The summed E-state index contributed by atoms with van der Waals surface area (Å²) < 4.78 is 10.4. The quantitative estimate of drug-likeness (QED) is 0.242. The van der Waals surface area contributed by atoms with E-state index in [1.807, 2.05) is 18.2 Å². The van der Waals surface area contributed by atoms with Crippen molar-refractivity contribution in [3.63, 3.8) is 0 Å². The molecular weight excluding hydrogens is 304 g/mol. The topological polar surface area (TPSA) is 52.6 Å². The van der Waals surface area contributed by atoms with Crippen molar-refractivity contribution in [3.8, 4) is 0 Å². The SMILES string of the molecule is CCCC/C=C/OC(=O)C1C=CCCC1C(=O)O/C=C/CCCC. The van der Waals surface area contributed by atoms with Crippen LogP contribution < -0.4 is 0 Å². The fraction of sp³-hybridized carbons (Fsp3) is 0.600. The first-order valence-corrected chi connectivity index (χ1v) is 9.08. The second-order valence-electron chi connectivity index (χ2n) is 6.04. The number of hydrogen-bond donors (Lipinski definition) is 0. The Morgan fingerprint density at radius 3 is 2.17 bits per heavy atom. The molecule has 4 nitrogen and oxygen atoms in total. The predicted octanol–water partition coefficient (Wildman–Crippen LogP) is 5.06. The third-order valence-electron chi connectivity index (χ3n) is 4.01. The van der Waals surface area contributed by atoms with Crippen LogP contribution in [0.5, 0.6) is 0 Å². The van der Waals surface area contributed by atoms with Gasteiger partial charge >= 0.3 is 11.9 Å². The summed E-state index contributed by atoms with van der Waals surface area (Å²) in [6, 6.07) is 0.